The van der Waals surface area contributed by atoms with Crippen LogP contribution in [0.2, 0.25) is 10.0 Å². The zero-order valence-corrected chi connectivity index (χ0v) is 18.1. The largest absolute Gasteiger partial charge is 0.396 e. The molecule has 0 spiro atoms. The Morgan fingerprint density at radius 2 is 1.96 bits per heavy atom. The lowest BCUT2D eigenvalue weighted by Crippen LogP contribution is -2.17. The van der Waals surface area contributed by atoms with Crippen LogP contribution in [0.5, 0.6) is 0 Å². The molecule has 2 atom stereocenters. The van der Waals surface area contributed by atoms with E-state index in [0.29, 0.717) is 21.9 Å². The summed E-state index contributed by atoms with van der Waals surface area (Å²) < 4.78 is 0. The predicted octanol–water partition coefficient (Wildman–Crippen LogP) is 7.80. The van der Waals surface area contributed by atoms with Gasteiger partial charge in [0, 0.05) is 12.5 Å². The number of rotatable bonds is 7. The molecule has 0 fully saturated rings. The van der Waals surface area contributed by atoms with Crippen molar-refractivity contribution in [2.45, 2.75) is 57.8 Å². The number of aliphatic hydroxyl groups excluding tert-OH is 1. The van der Waals surface area contributed by atoms with Crippen LogP contribution < -0.4 is 0 Å². The molecule has 0 bridgehead atoms. The number of hydrogen-bond acceptors (Lipinski definition) is 1. The molecule has 0 heterocycles. The average Bonchev–Trinajstić information content (AvgIpc) is 2.92. The fraction of sp³-hybridized carbons (Fsp3) is 0.440. The lowest BCUT2D eigenvalue weighted by atomic mass is 9.72. The SMILES string of the molecule is CC[C@H]1CC[C@@H](c2ccc(Cl)c(Cl)c2)C2=C1CC=C(/C=C/CCCCO)C=C2. The lowest BCUT2D eigenvalue weighted by molar-refractivity contribution is 0.285. The van der Waals surface area contributed by atoms with Crippen LogP contribution >= 0.6 is 23.2 Å². The van der Waals surface area contributed by atoms with E-state index in [4.69, 9.17) is 28.3 Å². The van der Waals surface area contributed by atoms with Crippen LogP contribution in [0.4, 0.5) is 0 Å². The Balaban J connectivity index is 1.83. The molecule has 150 valence electrons. The van der Waals surface area contributed by atoms with E-state index >= 15 is 0 Å². The molecule has 2 aliphatic carbocycles. The van der Waals surface area contributed by atoms with Crippen molar-refractivity contribution in [3.8, 4) is 0 Å². The van der Waals surface area contributed by atoms with Crippen molar-refractivity contribution in [2.75, 3.05) is 6.61 Å². The van der Waals surface area contributed by atoms with Crippen LogP contribution in [0.3, 0.4) is 0 Å². The molecule has 28 heavy (non-hydrogen) atoms. The molecule has 0 saturated heterocycles. The zero-order valence-electron chi connectivity index (χ0n) is 16.6. The Hall–Kier alpha value is -1.28. The molecule has 0 unspecified atom stereocenters. The highest BCUT2D eigenvalue weighted by Crippen LogP contribution is 2.45. The number of hydrogen-bond donors (Lipinski definition) is 1. The van der Waals surface area contributed by atoms with E-state index in [1.807, 2.05) is 12.1 Å². The van der Waals surface area contributed by atoms with E-state index in [-0.39, 0.29) is 6.61 Å². The molecule has 0 saturated carbocycles. The highest BCUT2D eigenvalue weighted by Gasteiger charge is 2.29. The van der Waals surface area contributed by atoms with Gasteiger partial charge in [0.15, 0.2) is 0 Å². The summed E-state index contributed by atoms with van der Waals surface area (Å²) in [6, 6.07) is 6.09. The quantitative estimate of drug-likeness (QED) is 0.449. The molecule has 1 aromatic carbocycles. The van der Waals surface area contributed by atoms with Gasteiger partial charge in [-0.3, -0.25) is 0 Å². The van der Waals surface area contributed by atoms with Gasteiger partial charge in [0.2, 0.25) is 0 Å². The lowest BCUT2D eigenvalue weighted by Gasteiger charge is -2.33. The van der Waals surface area contributed by atoms with Gasteiger partial charge < -0.3 is 5.11 Å². The molecule has 3 rings (SSSR count). The Labute approximate surface area is 179 Å². The molecular weight excluding hydrogens is 387 g/mol. The van der Waals surface area contributed by atoms with Crippen molar-refractivity contribution < 1.29 is 5.11 Å². The minimum absolute atomic E-state index is 0.279. The van der Waals surface area contributed by atoms with Gasteiger partial charge in [0.05, 0.1) is 10.0 Å². The molecule has 1 N–H and O–H groups in total. The highest BCUT2D eigenvalue weighted by atomic mass is 35.5. The van der Waals surface area contributed by atoms with Gasteiger partial charge >= 0.3 is 0 Å². The first-order valence-corrected chi connectivity index (χ1v) is 11.2. The van der Waals surface area contributed by atoms with Gasteiger partial charge in [-0.05, 0) is 79.7 Å². The van der Waals surface area contributed by atoms with E-state index < -0.39 is 0 Å². The Bertz CT molecular complexity index is 801. The topological polar surface area (TPSA) is 20.2 Å². The number of halogens is 2. The fourth-order valence-corrected chi connectivity index (χ4v) is 4.70. The van der Waals surface area contributed by atoms with E-state index in [9.17, 15) is 0 Å². The maximum absolute atomic E-state index is 8.90. The molecule has 0 amide bonds. The normalized spacial score (nSPS) is 22.4. The summed E-state index contributed by atoms with van der Waals surface area (Å²) in [5.74, 6) is 1.06. The van der Waals surface area contributed by atoms with Crippen LogP contribution in [0.15, 0.2) is 65.3 Å². The number of aliphatic hydroxyl groups is 1. The number of unbranched alkanes of at least 4 members (excludes halogenated alkanes) is 2. The van der Waals surface area contributed by atoms with Crippen molar-refractivity contribution in [1.29, 1.82) is 0 Å². The first kappa shape index (κ1) is 21.4. The van der Waals surface area contributed by atoms with E-state index in [0.717, 1.165) is 32.1 Å². The van der Waals surface area contributed by atoms with Crippen LogP contribution in [0.1, 0.15) is 63.4 Å². The van der Waals surface area contributed by atoms with Gasteiger partial charge in [-0.15, -0.1) is 0 Å². The van der Waals surface area contributed by atoms with Crippen LogP contribution in [0.25, 0.3) is 0 Å². The van der Waals surface area contributed by atoms with Crippen LogP contribution in [-0.2, 0) is 0 Å². The van der Waals surface area contributed by atoms with Gasteiger partial charge in [-0.2, -0.15) is 0 Å². The summed E-state index contributed by atoms with van der Waals surface area (Å²) in [5, 5.41) is 10.2. The minimum Gasteiger partial charge on any atom is -0.396 e. The van der Waals surface area contributed by atoms with Gasteiger partial charge in [-0.25, -0.2) is 0 Å². The average molecular weight is 417 g/mol. The van der Waals surface area contributed by atoms with E-state index in [2.05, 4.69) is 43.4 Å². The predicted molar refractivity (Wildman–Crippen MR) is 121 cm³/mol. The van der Waals surface area contributed by atoms with Crippen molar-refractivity contribution in [2.24, 2.45) is 5.92 Å². The van der Waals surface area contributed by atoms with Gasteiger partial charge in [0.1, 0.15) is 0 Å². The molecule has 0 radical (unpaired) electrons. The Morgan fingerprint density at radius 1 is 1.11 bits per heavy atom. The monoisotopic (exact) mass is 416 g/mol. The third kappa shape index (κ3) is 5.20. The summed E-state index contributed by atoms with van der Waals surface area (Å²) in [6.07, 6.45) is 18.9. The number of benzene rings is 1. The first-order chi connectivity index (χ1) is 13.6. The van der Waals surface area contributed by atoms with Gasteiger partial charge in [-0.1, -0.05) is 72.1 Å². The second-order valence-corrected chi connectivity index (χ2v) is 8.57. The first-order valence-electron chi connectivity index (χ1n) is 10.5. The third-order valence-electron chi connectivity index (χ3n) is 5.98. The fourth-order valence-electron chi connectivity index (χ4n) is 4.39. The van der Waals surface area contributed by atoms with Crippen molar-refractivity contribution in [1.82, 2.24) is 0 Å². The molecule has 0 aromatic heterocycles. The maximum Gasteiger partial charge on any atom is 0.0595 e. The summed E-state index contributed by atoms with van der Waals surface area (Å²) in [4.78, 5) is 0. The Kier molecular flexibility index (Phi) is 8.02. The molecule has 2 aliphatic rings. The summed E-state index contributed by atoms with van der Waals surface area (Å²) >= 11 is 12.5. The summed E-state index contributed by atoms with van der Waals surface area (Å²) in [6.45, 7) is 2.58. The molecule has 1 nitrogen and oxygen atoms in total. The standard InChI is InChI=1S/C25H30Cl2O/c1-2-19-10-14-22(20-11-15-24(26)25(27)17-20)23-13-9-18(8-12-21(19)23)7-5-3-4-6-16-28/h5,7-9,11,13,15,17,19,22,28H,2-4,6,10,12,14,16H2,1H3/b7-5+/t19-,22-/m0/s1. The second kappa shape index (κ2) is 10.5. The van der Waals surface area contributed by atoms with Crippen LogP contribution in [-0.4, -0.2) is 11.7 Å². The highest BCUT2D eigenvalue weighted by molar-refractivity contribution is 6.42. The maximum atomic E-state index is 8.90. The van der Waals surface area contributed by atoms with E-state index in [1.54, 1.807) is 5.57 Å². The molecule has 0 aliphatic heterocycles. The molecule has 3 heteroatoms. The smallest absolute Gasteiger partial charge is 0.0595 e. The minimum atomic E-state index is 0.279. The van der Waals surface area contributed by atoms with Crippen molar-refractivity contribution in [3.63, 3.8) is 0 Å². The van der Waals surface area contributed by atoms with Crippen molar-refractivity contribution in [3.05, 3.63) is 80.9 Å². The third-order valence-corrected chi connectivity index (χ3v) is 6.72. The van der Waals surface area contributed by atoms with E-state index in [1.165, 1.54) is 29.6 Å². The second-order valence-electron chi connectivity index (χ2n) is 7.75. The molecule has 1 aromatic rings. The van der Waals surface area contributed by atoms with Crippen molar-refractivity contribution >= 4 is 23.2 Å². The molecular formula is C25H30Cl2O. The summed E-state index contributed by atoms with van der Waals surface area (Å²) in [5.41, 5.74) is 5.60. The zero-order chi connectivity index (χ0) is 19.9. The van der Waals surface area contributed by atoms with Gasteiger partial charge in [0.25, 0.3) is 0 Å². The number of allylic oxidation sites excluding steroid dienone is 8. The Morgan fingerprint density at radius 3 is 2.71 bits per heavy atom. The van der Waals surface area contributed by atoms with Crippen LogP contribution in [0, 0.1) is 5.92 Å². The summed E-state index contributed by atoms with van der Waals surface area (Å²) in [7, 11) is 0.